The molecule has 0 aliphatic carbocycles. The highest BCUT2D eigenvalue weighted by atomic mass is 19.3. The molecule has 104 valence electrons. The summed E-state index contributed by atoms with van der Waals surface area (Å²) >= 11 is 0. The van der Waals surface area contributed by atoms with Crippen molar-refractivity contribution in [3.63, 3.8) is 0 Å². The summed E-state index contributed by atoms with van der Waals surface area (Å²) < 4.78 is 32.1. The van der Waals surface area contributed by atoms with E-state index in [1.165, 1.54) is 18.5 Å². The molecule has 0 aliphatic rings. The first-order valence-electron chi connectivity index (χ1n) is 5.58. The maximum Gasteiger partial charge on any atom is 0.354 e. The number of pyridine rings is 2. The number of hydrogen-bond donors (Lipinski definition) is 1. The summed E-state index contributed by atoms with van der Waals surface area (Å²) in [7, 11) is 0. The Balaban J connectivity index is 2.47. The van der Waals surface area contributed by atoms with Gasteiger partial charge in [0.15, 0.2) is 5.69 Å². The van der Waals surface area contributed by atoms with Gasteiger partial charge < -0.3 is 9.84 Å². The zero-order chi connectivity index (χ0) is 14.8. The Morgan fingerprint density at radius 3 is 2.65 bits per heavy atom. The fraction of sp³-hybridized carbons (Fsp3) is 0.154. The van der Waals surface area contributed by atoms with Crippen molar-refractivity contribution >= 4 is 5.97 Å². The van der Waals surface area contributed by atoms with E-state index in [9.17, 15) is 13.6 Å². The molecule has 5 nitrogen and oxygen atoms in total. The topological polar surface area (TPSA) is 72.3 Å². The van der Waals surface area contributed by atoms with Crippen LogP contribution in [0, 0.1) is 0 Å². The summed E-state index contributed by atoms with van der Waals surface area (Å²) in [5.74, 6) is -4.80. The van der Waals surface area contributed by atoms with Crippen LogP contribution in [0.25, 0.3) is 0 Å². The third kappa shape index (κ3) is 3.05. The molecule has 7 heteroatoms. The molecule has 0 saturated carbocycles. The van der Waals surface area contributed by atoms with Crippen molar-refractivity contribution in [2.24, 2.45) is 0 Å². The standard InChI is InChI=1S/C13H10F2N2O3/c1-13(14,15)9-4-5-10(12(18)19)17-11(9)20-8-3-2-6-16-7-8/h2-7H,1H3,(H,18,19). The molecule has 0 amide bonds. The molecule has 0 atom stereocenters. The fourth-order valence-corrected chi connectivity index (χ4v) is 1.49. The van der Waals surface area contributed by atoms with Gasteiger partial charge in [0.05, 0.1) is 11.8 Å². The van der Waals surface area contributed by atoms with Gasteiger partial charge in [0, 0.05) is 13.1 Å². The molecule has 0 aliphatic heterocycles. The van der Waals surface area contributed by atoms with E-state index < -0.39 is 23.3 Å². The third-order valence-electron chi connectivity index (χ3n) is 2.40. The van der Waals surface area contributed by atoms with Crippen LogP contribution in [0.2, 0.25) is 0 Å². The minimum Gasteiger partial charge on any atom is -0.477 e. The normalized spacial score (nSPS) is 11.2. The van der Waals surface area contributed by atoms with E-state index in [1.807, 2.05) is 0 Å². The Labute approximate surface area is 112 Å². The van der Waals surface area contributed by atoms with Crippen molar-refractivity contribution < 1.29 is 23.4 Å². The molecule has 2 rings (SSSR count). The summed E-state index contributed by atoms with van der Waals surface area (Å²) in [6, 6.07) is 5.05. The van der Waals surface area contributed by atoms with Crippen LogP contribution < -0.4 is 4.74 Å². The van der Waals surface area contributed by atoms with Crippen LogP contribution in [-0.4, -0.2) is 21.0 Å². The highest BCUT2D eigenvalue weighted by Crippen LogP contribution is 2.35. The van der Waals surface area contributed by atoms with E-state index in [-0.39, 0.29) is 11.4 Å². The van der Waals surface area contributed by atoms with E-state index in [2.05, 4.69) is 9.97 Å². The van der Waals surface area contributed by atoms with Crippen LogP contribution in [0.3, 0.4) is 0 Å². The van der Waals surface area contributed by atoms with Gasteiger partial charge in [-0.2, -0.15) is 0 Å². The van der Waals surface area contributed by atoms with Crippen LogP contribution in [0.5, 0.6) is 11.6 Å². The second-order valence-corrected chi connectivity index (χ2v) is 4.03. The molecular formula is C13H10F2N2O3. The van der Waals surface area contributed by atoms with Crippen LogP contribution in [-0.2, 0) is 5.92 Å². The predicted octanol–water partition coefficient (Wildman–Crippen LogP) is 3.08. The third-order valence-corrected chi connectivity index (χ3v) is 2.40. The number of ether oxygens (including phenoxy) is 1. The highest BCUT2D eigenvalue weighted by Gasteiger charge is 2.30. The number of carboxylic acid groups (broad SMARTS) is 1. The van der Waals surface area contributed by atoms with Gasteiger partial charge in [-0.3, -0.25) is 4.98 Å². The molecule has 1 N–H and O–H groups in total. The molecule has 0 bridgehead atoms. The van der Waals surface area contributed by atoms with Crippen LogP contribution >= 0.6 is 0 Å². The monoisotopic (exact) mass is 280 g/mol. The first-order chi connectivity index (χ1) is 9.38. The van der Waals surface area contributed by atoms with Crippen molar-refractivity contribution in [1.82, 2.24) is 9.97 Å². The van der Waals surface area contributed by atoms with Crippen LogP contribution in [0.15, 0.2) is 36.7 Å². The zero-order valence-corrected chi connectivity index (χ0v) is 10.4. The molecule has 0 spiro atoms. The molecule has 0 saturated heterocycles. The summed E-state index contributed by atoms with van der Waals surface area (Å²) in [4.78, 5) is 18.2. The Morgan fingerprint density at radius 2 is 2.10 bits per heavy atom. The van der Waals surface area contributed by atoms with Gasteiger partial charge >= 0.3 is 5.97 Å². The lowest BCUT2D eigenvalue weighted by molar-refractivity contribution is 0.0148. The summed E-state index contributed by atoms with van der Waals surface area (Å²) in [5, 5.41) is 8.85. The van der Waals surface area contributed by atoms with Crippen molar-refractivity contribution in [3.8, 4) is 11.6 Å². The first-order valence-corrected chi connectivity index (χ1v) is 5.58. The highest BCUT2D eigenvalue weighted by molar-refractivity contribution is 5.85. The Hall–Kier alpha value is -2.57. The van der Waals surface area contributed by atoms with Crippen molar-refractivity contribution in [2.75, 3.05) is 0 Å². The lowest BCUT2D eigenvalue weighted by Gasteiger charge is -2.15. The smallest absolute Gasteiger partial charge is 0.354 e. The predicted molar refractivity (Wildman–Crippen MR) is 65.1 cm³/mol. The average Bonchev–Trinajstić information content (AvgIpc) is 2.38. The van der Waals surface area contributed by atoms with E-state index >= 15 is 0 Å². The lowest BCUT2D eigenvalue weighted by Crippen LogP contribution is -2.12. The molecule has 2 heterocycles. The van der Waals surface area contributed by atoms with E-state index in [0.29, 0.717) is 6.92 Å². The summed E-state index contributed by atoms with van der Waals surface area (Å²) in [6.07, 6.45) is 2.80. The van der Waals surface area contributed by atoms with Crippen LogP contribution in [0.4, 0.5) is 8.78 Å². The van der Waals surface area contributed by atoms with Crippen molar-refractivity contribution in [3.05, 3.63) is 47.9 Å². The summed E-state index contributed by atoms with van der Waals surface area (Å²) in [6.45, 7) is 0.681. The molecule has 2 aromatic rings. The lowest BCUT2D eigenvalue weighted by atomic mass is 10.1. The first kappa shape index (κ1) is 13.9. The van der Waals surface area contributed by atoms with Crippen molar-refractivity contribution in [2.45, 2.75) is 12.8 Å². The average molecular weight is 280 g/mol. The van der Waals surface area contributed by atoms with Crippen molar-refractivity contribution in [1.29, 1.82) is 0 Å². The van der Waals surface area contributed by atoms with Crippen LogP contribution in [0.1, 0.15) is 23.0 Å². The maximum absolute atomic E-state index is 13.5. The number of aromatic carboxylic acids is 1. The van der Waals surface area contributed by atoms with Gasteiger partial charge in [-0.25, -0.2) is 18.6 Å². The minimum absolute atomic E-state index is 0.188. The molecule has 20 heavy (non-hydrogen) atoms. The largest absolute Gasteiger partial charge is 0.477 e. The Kier molecular flexibility index (Phi) is 3.60. The second kappa shape index (κ2) is 5.20. The number of aromatic nitrogens is 2. The van der Waals surface area contributed by atoms with Gasteiger partial charge in [-0.1, -0.05) is 0 Å². The Bertz CT molecular complexity index is 627. The number of rotatable bonds is 4. The van der Waals surface area contributed by atoms with E-state index in [0.717, 1.165) is 12.1 Å². The fourth-order valence-electron chi connectivity index (χ4n) is 1.49. The minimum atomic E-state index is -3.21. The quantitative estimate of drug-likeness (QED) is 0.931. The van der Waals surface area contributed by atoms with E-state index in [1.54, 1.807) is 6.07 Å². The molecule has 0 radical (unpaired) electrons. The Morgan fingerprint density at radius 1 is 1.35 bits per heavy atom. The number of nitrogens with zero attached hydrogens (tertiary/aromatic N) is 2. The number of halogens is 2. The molecule has 0 fully saturated rings. The second-order valence-electron chi connectivity index (χ2n) is 4.03. The van der Waals surface area contributed by atoms with E-state index in [4.69, 9.17) is 9.84 Å². The number of carbonyl (C=O) groups is 1. The maximum atomic E-state index is 13.5. The summed E-state index contributed by atoms with van der Waals surface area (Å²) in [5.41, 5.74) is -0.872. The number of carboxylic acids is 1. The SMILES string of the molecule is CC(F)(F)c1ccc(C(=O)O)nc1Oc1cccnc1. The zero-order valence-electron chi connectivity index (χ0n) is 10.4. The molecule has 0 unspecified atom stereocenters. The molecule has 0 aromatic carbocycles. The van der Waals surface area contributed by atoms with Gasteiger partial charge in [-0.05, 0) is 24.3 Å². The number of alkyl halides is 2. The number of hydrogen-bond acceptors (Lipinski definition) is 4. The van der Waals surface area contributed by atoms with Gasteiger partial charge in [0.1, 0.15) is 5.75 Å². The van der Waals surface area contributed by atoms with Gasteiger partial charge in [0.2, 0.25) is 5.88 Å². The van der Waals surface area contributed by atoms with Gasteiger partial charge in [-0.15, -0.1) is 0 Å². The molecular weight excluding hydrogens is 270 g/mol. The molecule has 2 aromatic heterocycles. The van der Waals surface area contributed by atoms with Gasteiger partial charge in [0.25, 0.3) is 5.92 Å².